The number of hydrogen-bond acceptors (Lipinski definition) is 3. The lowest BCUT2D eigenvalue weighted by molar-refractivity contribution is -0.143. The largest absolute Gasteiger partial charge is 0.480 e. The SMILES string of the molecule is CN(C(=O)OCC1c2ccccc2-c2ccccc21)C(C(=O)O)C1CC1. The predicted octanol–water partition coefficient (Wildman–Crippen LogP) is 3.73. The van der Waals surface area contributed by atoms with Gasteiger partial charge in [-0.25, -0.2) is 9.59 Å². The van der Waals surface area contributed by atoms with Crippen molar-refractivity contribution in [2.24, 2.45) is 5.92 Å². The van der Waals surface area contributed by atoms with Crippen LogP contribution in [0, 0.1) is 5.92 Å². The molecule has 1 saturated carbocycles. The molecular formula is C21H21NO4. The molecule has 26 heavy (non-hydrogen) atoms. The lowest BCUT2D eigenvalue weighted by Gasteiger charge is -2.25. The minimum atomic E-state index is -0.969. The maximum Gasteiger partial charge on any atom is 0.410 e. The van der Waals surface area contributed by atoms with Gasteiger partial charge in [-0.1, -0.05) is 48.5 Å². The summed E-state index contributed by atoms with van der Waals surface area (Å²) in [5.41, 5.74) is 4.61. The lowest BCUT2D eigenvalue weighted by atomic mass is 9.98. The number of nitrogens with zero attached hydrogens (tertiary/aromatic N) is 1. The topological polar surface area (TPSA) is 66.8 Å². The van der Waals surface area contributed by atoms with Crippen LogP contribution in [0.2, 0.25) is 0 Å². The first-order valence-corrected chi connectivity index (χ1v) is 8.88. The average Bonchev–Trinajstić information content (AvgIpc) is 3.42. The summed E-state index contributed by atoms with van der Waals surface area (Å²) in [6, 6.07) is 15.5. The van der Waals surface area contributed by atoms with E-state index in [9.17, 15) is 14.7 Å². The van der Waals surface area contributed by atoms with Gasteiger partial charge >= 0.3 is 12.1 Å². The van der Waals surface area contributed by atoms with Crippen LogP contribution in [0.1, 0.15) is 29.9 Å². The van der Waals surface area contributed by atoms with Gasteiger partial charge in [-0.05, 0) is 41.0 Å². The third-order valence-corrected chi connectivity index (χ3v) is 5.36. The van der Waals surface area contributed by atoms with Crippen LogP contribution in [0.5, 0.6) is 0 Å². The third-order valence-electron chi connectivity index (χ3n) is 5.36. The van der Waals surface area contributed by atoms with Gasteiger partial charge in [-0.3, -0.25) is 4.90 Å². The van der Waals surface area contributed by atoms with E-state index in [0.717, 1.165) is 24.0 Å². The fourth-order valence-corrected chi connectivity index (χ4v) is 3.90. The number of carbonyl (C=O) groups is 2. The second-order valence-corrected chi connectivity index (χ2v) is 7.04. The standard InChI is InChI=1S/C21H21NO4/c1-22(19(20(23)24)13-10-11-13)21(25)26-12-18-16-8-4-2-6-14(16)15-7-3-5-9-17(15)18/h2-9,13,18-19H,10-12H2,1H3,(H,23,24). The molecular weight excluding hydrogens is 330 g/mol. The van der Waals surface area contributed by atoms with E-state index < -0.39 is 18.1 Å². The van der Waals surface area contributed by atoms with Crippen LogP contribution in [0.4, 0.5) is 4.79 Å². The van der Waals surface area contributed by atoms with Gasteiger partial charge in [-0.2, -0.15) is 0 Å². The van der Waals surface area contributed by atoms with E-state index in [1.165, 1.54) is 23.1 Å². The van der Waals surface area contributed by atoms with E-state index in [1.54, 1.807) is 0 Å². The van der Waals surface area contributed by atoms with Gasteiger partial charge in [0.1, 0.15) is 12.6 Å². The van der Waals surface area contributed by atoms with E-state index in [-0.39, 0.29) is 18.4 Å². The summed E-state index contributed by atoms with van der Waals surface area (Å²) in [5.74, 6) is -0.953. The molecule has 0 heterocycles. The zero-order valence-electron chi connectivity index (χ0n) is 14.6. The molecule has 1 amide bonds. The minimum Gasteiger partial charge on any atom is -0.480 e. The molecule has 0 aromatic heterocycles. The maximum absolute atomic E-state index is 12.4. The Morgan fingerprint density at radius 1 is 1.08 bits per heavy atom. The van der Waals surface area contributed by atoms with Crippen molar-refractivity contribution >= 4 is 12.1 Å². The van der Waals surface area contributed by atoms with Crippen LogP contribution in [-0.2, 0) is 9.53 Å². The fraction of sp³-hybridized carbons (Fsp3) is 0.333. The Bertz CT molecular complexity index is 813. The molecule has 2 aromatic carbocycles. The number of carboxylic acids is 1. The summed E-state index contributed by atoms with van der Waals surface area (Å²) >= 11 is 0. The highest BCUT2D eigenvalue weighted by Gasteiger charge is 2.41. The van der Waals surface area contributed by atoms with Crippen molar-refractivity contribution in [1.82, 2.24) is 4.90 Å². The minimum absolute atomic E-state index is 0.0241. The zero-order valence-corrected chi connectivity index (χ0v) is 14.6. The quantitative estimate of drug-likeness (QED) is 0.891. The number of hydrogen-bond donors (Lipinski definition) is 1. The molecule has 1 fully saturated rings. The Hall–Kier alpha value is -2.82. The van der Waals surface area contributed by atoms with E-state index >= 15 is 0 Å². The normalized spacial score (nSPS) is 16.5. The summed E-state index contributed by atoms with van der Waals surface area (Å²) < 4.78 is 5.53. The maximum atomic E-state index is 12.4. The molecule has 5 heteroatoms. The summed E-state index contributed by atoms with van der Waals surface area (Å²) in [6.45, 7) is 0.203. The Kier molecular flexibility index (Phi) is 4.15. The van der Waals surface area contributed by atoms with Crippen molar-refractivity contribution in [3.63, 3.8) is 0 Å². The van der Waals surface area contributed by atoms with Crippen LogP contribution < -0.4 is 0 Å². The number of amides is 1. The van der Waals surface area contributed by atoms with Crippen molar-refractivity contribution in [3.05, 3.63) is 59.7 Å². The summed E-state index contributed by atoms with van der Waals surface area (Å²) in [7, 11) is 1.51. The number of carbonyl (C=O) groups excluding carboxylic acids is 1. The highest BCUT2D eigenvalue weighted by molar-refractivity contribution is 5.81. The molecule has 0 aliphatic heterocycles. The van der Waals surface area contributed by atoms with Gasteiger partial charge in [0.15, 0.2) is 0 Å². The second-order valence-electron chi connectivity index (χ2n) is 7.04. The summed E-state index contributed by atoms with van der Waals surface area (Å²) in [4.78, 5) is 25.1. The Morgan fingerprint density at radius 3 is 2.12 bits per heavy atom. The van der Waals surface area contributed by atoms with E-state index in [0.29, 0.717) is 0 Å². The van der Waals surface area contributed by atoms with Crippen LogP contribution in [0.3, 0.4) is 0 Å². The van der Waals surface area contributed by atoms with Crippen molar-refractivity contribution in [2.75, 3.05) is 13.7 Å². The monoisotopic (exact) mass is 351 g/mol. The lowest BCUT2D eigenvalue weighted by Crippen LogP contribution is -2.44. The number of likely N-dealkylation sites (N-methyl/N-ethyl adjacent to an activating group) is 1. The highest BCUT2D eigenvalue weighted by atomic mass is 16.6. The number of fused-ring (bicyclic) bond motifs is 3. The summed E-state index contributed by atoms with van der Waals surface area (Å²) in [5, 5.41) is 9.39. The second kappa shape index (κ2) is 6.48. The average molecular weight is 351 g/mol. The van der Waals surface area contributed by atoms with Crippen molar-refractivity contribution in [2.45, 2.75) is 24.8 Å². The first kappa shape index (κ1) is 16.6. The van der Waals surface area contributed by atoms with Gasteiger partial charge in [0.25, 0.3) is 0 Å². The predicted molar refractivity (Wildman–Crippen MR) is 97.0 cm³/mol. The number of benzene rings is 2. The Balaban J connectivity index is 1.51. The van der Waals surface area contributed by atoms with Gasteiger partial charge in [-0.15, -0.1) is 0 Å². The highest BCUT2D eigenvalue weighted by Crippen LogP contribution is 2.44. The van der Waals surface area contributed by atoms with Crippen LogP contribution in [-0.4, -0.2) is 41.8 Å². The first-order valence-electron chi connectivity index (χ1n) is 8.88. The van der Waals surface area contributed by atoms with E-state index in [4.69, 9.17) is 4.74 Å². The Labute approximate surface area is 152 Å². The smallest absolute Gasteiger partial charge is 0.410 e. The van der Waals surface area contributed by atoms with Gasteiger partial charge in [0.05, 0.1) is 0 Å². The molecule has 0 bridgehead atoms. The number of carboxylic acid groups (broad SMARTS) is 1. The molecule has 0 spiro atoms. The first-order chi connectivity index (χ1) is 12.6. The van der Waals surface area contributed by atoms with Crippen molar-refractivity contribution < 1.29 is 19.4 Å². The molecule has 5 nitrogen and oxygen atoms in total. The van der Waals surface area contributed by atoms with Crippen molar-refractivity contribution in [3.8, 4) is 11.1 Å². The molecule has 2 aliphatic carbocycles. The molecule has 4 rings (SSSR count). The van der Waals surface area contributed by atoms with Crippen LogP contribution in [0.15, 0.2) is 48.5 Å². The van der Waals surface area contributed by atoms with Crippen LogP contribution in [0.25, 0.3) is 11.1 Å². The number of ether oxygens (including phenoxy) is 1. The van der Waals surface area contributed by atoms with E-state index in [1.807, 2.05) is 24.3 Å². The number of aliphatic carboxylic acids is 1. The molecule has 1 unspecified atom stereocenters. The summed E-state index contributed by atoms with van der Waals surface area (Å²) in [6.07, 6.45) is 1.11. The molecule has 134 valence electrons. The fourth-order valence-electron chi connectivity index (χ4n) is 3.90. The molecule has 2 aromatic rings. The third kappa shape index (κ3) is 2.83. The molecule has 1 atom stereocenters. The zero-order chi connectivity index (χ0) is 18.3. The Morgan fingerprint density at radius 2 is 1.62 bits per heavy atom. The van der Waals surface area contributed by atoms with E-state index in [2.05, 4.69) is 24.3 Å². The molecule has 0 saturated heterocycles. The van der Waals surface area contributed by atoms with Gasteiger partial charge < -0.3 is 9.84 Å². The number of rotatable bonds is 5. The van der Waals surface area contributed by atoms with Crippen LogP contribution >= 0.6 is 0 Å². The van der Waals surface area contributed by atoms with Gasteiger partial charge in [0.2, 0.25) is 0 Å². The molecule has 2 aliphatic rings. The van der Waals surface area contributed by atoms with Crippen molar-refractivity contribution in [1.29, 1.82) is 0 Å². The molecule has 1 N–H and O–H groups in total. The molecule has 0 radical (unpaired) electrons. The van der Waals surface area contributed by atoms with Gasteiger partial charge in [0, 0.05) is 13.0 Å².